The van der Waals surface area contributed by atoms with E-state index < -0.39 is 0 Å². The van der Waals surface area contributed by atoms with Crippen LogP contribution >= 0.6 is 24.2 Å². The molecule has 0 aromatic heterocycles. The maximum atomic E-state index is 12.4. The molecule has 1 unspecified atom stereocenters. The Hall–Kier alpha value is -0.710. The van der Waals surface area contributed by atoms with Gasteiger partial charge in [-0.1, -0.05) is 31.5 Å². The lowest BCUT2D eigenvalue weighted by atomic mass is 9.80. The largest absolute Gasteiger partial charge is 0.341 e. The molecule has 1 aliphatic heterocycles. The standard InChI is InChI=1S/C17H26N2OS.ClH/c1-12-5-6-14(13(2)9-12)21-10-16(20)19-8-7-15(18)17(3,4)11-19;/h5-6,9,15H,7-8,10-11,18H2,1-4H3;1H. The van der Waals surface area contributed by atoms with Crippen molar-refractivity contribution in [3.05, 3.63) is 29.3 Å². The molecule has 0 radical (unpaired) electrons. The van der Waals surface area contributed by atoms with E-state index in [9.17, 15) is 4.79 Å². The number of piperidine rings is 1. The van der Waals surface area contributed by atoms with Crippen molar-refractivity contribution in [1.82, 2.24) is 4.90 Å². The monoisotopic (exact) mass is 342 g/mol. The molecule has 5 heteroatoms. The smallest absolute Gasteiger partial charge is 0.232 e. The van der Waals surface area contributed by atoms with Crippen LogP contribution in [0.5, 0.6) is 0 Å². The number of carbonyl (C=O) groups excluding carboxylic acids is 1. The lowest BCUT2D eigenvalue weighted by molar-refractivity contribution is -0.131. The fraction of sp³-hybridized carbons (Fsp3) is 0.588. The first-order valence-corrected chi connectivity index (χ1v) is 8.51. The normalized spacial score (nSPS) is 20.4. The predicted molar refractivity (Wildman–Crippen MR) is 96.8 cm³/mol. The minimum absolute atomic E-state index is 0. The molecule has 0 bridgehead atoms. The van der Waals surface area contributed by atoms with Gasteiger partial charge in [-0.3, -0.25) is 4.79 Å². The summed E-state index contributed by atoms with van der Waals surface area (Å²) >= 11 is 1.64. The average molecular weight is 343 g/mol. The van der Waals surface area contributed by atoms with Crippen molar-refractivity contribution in [2.24, 2.45) is 11.1 Å². The fourth-order valence-corrected chi connectivity index (χ4v) is 3.69. The number of aryl methyl sites for hydroxylation is 2. The number of nitrogens with zero attached hydrogens (tertiary/aromatic N) is 1. The number of nitrogens with two attached hydrogens (primary N) is 1. The second-order valence-electron chi connectivity index (χ2n) is 6.76. The van der Waals surface area contributed by atoms with E-state index in [1.807, 2.05) is 4.90 Å². The van der Waals surface area contributed by atoms with Gasteiger partial charge in [0.15, 0.2) is 0 Å². The predicted octanol–water partition coefficient (Wildman–Crippen LogP) is 3.40. The van der Waals surface area contributed by atoms with E-state index in [0.29, 0.717) is 5.75 Å². The Kier molecular flexibility index (Phi) is 6.78. The summed E-state index contributed by atoms with van der Waals surface area (Å²) in [6.07, 6.45) is 0.896. The molecule has 22 heavy (non-hydrogen) atoms. The summed E-state index contributed by atoms with van der Waals surface area (Å²) < 4.78 is 0. The van der Waals surface area contributed by atoms with Gasteiger partial charge in [0.25, 0.3) is 0 Å². The molecule has 0 saturated carbocycles. The zero-order valence-electron chi connectivity index (χ0n) is 13.9. The van der Waals surface area contributed by atoms with Gasteiger partial charge in [0.2, 0.25) is 5.91 Å². The highest BCUT2D eigenvalue weighted by Gasteiger charge is 2.35. The zero-order chi connectivity index (χ0) is 15.6. The molecule has 2 rings (SSSR count). The van der Waals surface area contributed by atoms with E-state index in [2.05, 4.69) is 45.9 Å². The number of hydrogen-bond donors (Lipinski definition) is 1. The highest BCUT2D eigenvalue weighted by Crippen LogP contribution is 2.29. The molecule has 0 aliphatic carbocycles. The van der Waals surface area contributed by atoms with Crippen molar-refractivity contribution in [3.8, 4) is 0 Å². The van der Waals surface area contributed by atoms with Crippen LogP contribution in [0.2, 0.25) is 0 Å². The minimum atomic E-state index is 0. The lowest BCUT2D eigenvalue weighted by Gasteiger charge is -2.42. The van der Waals surface area contributed by atoms with Crippen LogP contribution in [0.1, 0.15) is 31.4 Å². The van der Waals surface area contributed by atoms with Gasteiger partial charge in [-0.05, 0) is 37.3 Å². The summed E-state index contributed by atoms with van der Waals surface area (Å²) in [5.41, 5.74) is 8.65. The molecule has 2 N–H and O–H groups in total. The summed E-state index contributed by atoms with van der Waals surface area (Å²) in [5.74, 6) is 0.731. The van der Waals surface area contributed by atoms with Crippen LogP contribution in [0.4, 0.5) is 0 Å². The molecule has 0 spiro atoms. The van der Waals surface area contributed by atoms with E-state index in [4.69, 9.17) is 5.73 Å². The Balaban J connectivity index is 0.00000242. The number of benzene rings is 1. The van der Waals surface area contributed by atoms with Gasteiger partial charge in [0.05, 0.1) is 5.75 Å². The number of hydrogen-bond acceptors (Lipinski definition) is 3. The first-order valence-electron chi connectivity index (χ1n) is 7.53. The lowest BCUT2D eigenvalue weighted by Crippen LogP contribution is -2.54. The molecule has 3 nitrogen and oxygen atoms in total. The zero-order valence-corrected chi connectivity index (χ0v) is 15.5. The van der Waals surface area contributed by atoms with Crippen molar-refractivity contribution in [2.75, 3.05) is 18.8 Å². The van der Waals surface area contributed by atoms with Crippen molar-refractivity contribution in [1.29, 1.82) is 0 Å². The van der Waals surface area contributed by atoms with Gasteiger partial charge < -0.3 is 10.6 Å². The SMILES string of the molecule is Cc1ccc(SCC(=O)N2CCC(N)C(C)(C)C2)c(C)c1.Cl. The molecule has 1 fully saturated rings. The Morgan fingerprint density at radius 2 is 2.09 bits per heavy atom. The van der Waals surface area contributed by atoms with Gasteiger partial charge in [-0.25, -0.2) is 0 Å². The maximum Gasteiger partial charge on any atom is 0.232 e. The van der Waals surface area contributed by atoms with Crippen LogP contribution in [0.25, 0.3) is 0 Å². The van der Waals surface area contributed by atoms with E-state index >= 15 is 0 Å². The third-order valence-corrected chi connectivity index (χ3v) is 5.51. The number of halogens is 1. The van der Waals surface area contributed by atoms with Gasteiger partial charge in [0.1, 0.15) is 0 Å². The molecule has 1 aliphatic rings. The molecule has 1 heterocycles. The molecular formula is C17H27ClN2OS. The molecular weight excluding hydrogens is 316 g/mol. The van der Waals surface area contributed by atoms with Crippen molar-refractivity contribution >= 4 is 30.1 Å². The first-order chi connectivity index (χ1) is 9.79. The topological polar surface area (TPSA) is 46.3 Å². The molecule has 1 amide bonds. The number of amides is 1. The number of likely N-dealkylation sites (tertiary alicyclic amines) is 1. The van der Waals surface area contributed by atoms with Crippen LogP contribution in [0.3, 0.4) is 0 Å². The number of thioether (sulfide) groups is 1. The third kappa shape index (κ3) is 4.64. The average Bonchev–Trinajstić information content (AvgIpc) is 2.40. The molecule has 124 valence electrons. The Bertz CT molecular complexity index is 533. The van der Waals surface area contributed by atoms with Crippen molar-refractivity contribution in [3.63, 3.8) is 0 Å². The van der Waals surface area contributed by atoms with E-state index in [0.717, 1.165) is 19.5 Å². The highest BCUT2D eigenvalue weighted by atomic mass is 35.5. The van der Waals surface area contributed by atoms with Gasteiger partial charge in [-0.2, -0.15) is 0 Å². The molecule has 1 atom stereocenters. The van der Waals surface area contributed by atoms with Gasteiger partial charge in [0, 0.05) is 24.0 Å². The van der Waals surface area contributed by atoms with E-state index in [1.54, 1.807) is 11.8 Å². The number of carbonyl (C=O) groups is 1. The second kappa shape index (κ2) is 7.71. The van der Waals surface area contributed by atoms with Crippen LogP contribution in [-0.2, 0) is 4.79 Å². The molecule has 1 aromatic rings. The second-order valence-corrected chi connectivity index (χ2v) is 7.77. The first kappa shape index (κ1) is 19.3. The van der Waals surface area contributed by atoms with Crippen LogP contribution in [0.15, 0.2) is 23.1 Å². The van der Waals surface area contributed by atoms with E-state index in [-0.39, 0.29) is 29.8 Å². The minimum Gasteiger partial charge on any atom is -0.341 e. The van der Waals surface area contributed by atoms with Crippen LogP contribution in [-0.4, -0.2) is 35.7 Å². The molecule has 1 aromatic carbocycles. The molecule has 1 saturated heterocycles. The quantitative estimate of drug-likeness (QED) is 0.856. The Morgan fingerprint density at radius 1 is 1.41 bits per heavy atom. The summed E-state index contributed by atoms with van der Waals surface area (Å²) in [4.78, 5) is 15.6. The van der Waals surface area contributed by atoms with Gasteiger partial charge >= 0.3 is 0 Å². The summed E-state index contributed by atoms with van der Waals surface area (Å²) in [6.45, 7) is 10.0. The summed E-state index contributed by atoms with van der Waals surface area (Å²) in [6, 6.07) is 6.56. The van der Waals surface area contributed by atoms with Crippen molar-refractivity contribution in [2.45, 2.75) is 45.1 Å². The fourth-order valence-electron chi connectivity index (χ4n) is 2.78. The highest BCUT2D eigenvalue weighted by molar-refractivity contribution is 8.00. The van der Waals surface area contributed by atoms with Crippen LogP contribution < -0.4 is 5.73 Å². The van der Waals surface area contributed by atoms with E-state index in [1.165, 1.54) is 16.0 Å². The number of rotatable bonds is 3. The van der Waals surface area contributed by atoms with Gasteiger partial charge in [-0.15, -0.1) is 24.2 Å². The third-order valence-electron chi connectivity index (χ3n) is 4.35. The van der Waals surface area contributed by atoms with Crippen LogP contribution in [0, 0.1) is 19.3 Å². The summed E-state index contributed by atoms with van der Waals surface area (Å²) in [5, 5.41) is 0. The van der Waals surface area contributed by atoms with Crippen molar-refractivity contribution < 1.29 is 4.79 Å². The Morgan fingerprint density at radius 3 is 2.68 bits per heavy atom. The maximum absolute atomic E-state index is 12.4. The Labute approximate surface area is 144 Å². The summed E-state index contributed by atoms with van der Waals surface area (Å²) in [7, 11) is 0.